The molecule has 0 amide bonds. The third-order valence-corrected chi connectivity index (χ3v) is 4.92. The van der Waals surface area contributed by atoms with Crippen molar-refractivity contribution in [3.05, 3.63) is 29.8 Å². The summed E-state index contributed by atoms with van der Waals surface area (Å²) < 4.78 is 27.3. The van der Waals surface area contributed by atoms with Crippen molar-refractivity contribution in [1.29, 1.82) is 0 Å². The molecule has 0 radical (unpaired) electrons. The number of benzene rings is 1. The van der Waals surface area contributed by atoms with E-state index in [1.807, 2.05) is 13.0 Å². The van der Waals surface area contributed by atoms with Crippen molar-refractivity contribution < 1.29 is 8.42 Å². The van der Waals surface area contributed by atoms with Crippen LogP contribution in [0.1, 0.15) is 18.9 Å². The predicted octanol–water partition coefficient (Wildman–Crippen LogP) is 1.27. The van der Waals surface area contributed by atoms with E-state index in [9.17, 15) is 8.42 Å². The normalized spacial score (nSPS) is 25.0. The van der Waals surface area contributed by atoms with E-state index >= 15 is 0 Å². The first-order valence-electron chi connectivity index (χ1n) is 6.29. The molecule has 1 saturated heterocycles. The summed E-state index contributed by atoms with van der Waals surface area (Å²) in [5.74, 6) is 0.367. The Morgan fingerprint density at radius 3 is 2.83 bits per heavy atom. The van der Waals surface area contributed by atoms with Gasteiger partial charge in [-0.3, -0.25) is 0 Å². The minimum absolute atomic E-state index is 0.0238. The highest BCUT2D eigenvalue weighted by Crippen LogP contribution is 2.16. The second-order valence-corrected chi connectivity index (χ2v) is 6.73. The summed E-state index contributed by atoms with van der Waals surface area (Å²) in [5.41, 5.74) is 0.952. The molecule has 18 heavy (non-hydrogen) atoms. The van der Waals surface area contributed by atoms with Crippen LogP contribution in [0, 0.1) is 12.8 Å². The lowest BCUT2D eigenvalue weighted by molar-refractivity contribution is 0.327. The second-order valence-electron chi connectivity index (χ2n) is 5.01. The van der Waals surface area contributed by atoms with Crippen LogP contribution in [0.4, 0.5) is 0 Å². The minimum Gasteiger partial charge on any atom is -0.315 e. The van der Waals surface area contributed by atoms with Crippen molar-refractivity contribution in [2.24, 2.45) is 5.92 Å². The number of hydrogen-bond donors (Lipinski definition) is 2. The van der Waals surface area contributed by atoms with Crippen molar-refractivity contribution >= 4 is 10.0 Å². The van der Waals surface area contributed by atoms with E-state index in [1.54, 1.807) is 18.2 Å². The second kappa shape index (κ2) is 5.38. The number of aryl methyl sites for hydroxylation is 1. The molecular formula is C13H20N2O2S. The van der Waals surface area contributed by atoms with Crippen LogP contribution in [0.25, 0.3) is 0 Å². The largest absolute Gasteiger partial charge is 0.315 e. The maximum atomic E-state index is 12.3. The van der Waals surface area contributed by atoms with Gasteiger partial charge < -0.3 is 5.32 Å². The fourth-order valence-corrected chi connectivity index (χ4v) is 3.65. The van der Waals surface area contributed by atoms with E-state index in [0.29, 0.717) is 17.4 Å². The standard InChI is InChI=1S/C13H20N2O2S/c1-10-4-3-5-12(8-10)18(16,17)15-13-9-14-7-6-11(13)2/h3-5,8,11,13-15H,6-7,9H2,1-2H3/t11-,13-/m1/s1. The average molecular weight is 268 g/mol. The van der Waals surface area contributed by atoms with E-state index < -0.39 is 10.0 Å². The molecule has 5 heteroatoms. The minimum atomic E-state index is -3.41. The van der Waals surface area contributed by atoms with Gasteiger partial charge in [0.15, 0.2) is 0 Å². The number of nitrogens with one attached hydrogen (secondary N) is 2. The Bertz CT molecular complexity index is 513. The van der Waals surface area contributed by atoms with Crippen LogP contribution in [0.15, 0.2) is 29.2 Å². The number of sulfonamides is 1. The molecule has 0 saturated carbocycles. The molecule has 1 aliphatic heterocycles. The van der Waals surface area contributed by atoms with Gasteiger partial charge in [0.25, 0.3) is 0 Å². The lowest BCUT2D eigenvalue weighted by Gasteiger charge is -2.30. The summed E-state index contributed by atoms with van der Waals surface area (Å²) >= 11 is 0. The Morgan fingerprint density at radius 2 is 2.17 bits per heavy atom. The molecule has 0 aromatic heterocycles. The Labute approximate surface area is 109 Å². The monoisotopic (exact) mass is 268 g/mol. The Balaban J connectivity index is 2.16. The molecule has 2 atom stereocenters. The highest BCUT2D eigenvalue weighted by molar-refractivity contribution is 7.89. The Kier molecular flexibility index (Phi) is 4.04. The average Bonchev–Trinajstić information content (AvgIpc) is 2.32. The summed E-state index contributed by atoms with van der Waals surface area (Å²) in [7, 11) is -3.41. The molecule has 1 fully saturated rings. The van der Waals surface area contributed by atoms with Gasteiger partial charge in [0.1, 0.15) is 0 Å². The maximum absolute atomic E-state index is 12.3. The van der Waals surface area contributed by atoms with Crippen LogP contribution in [0.5, 0.6) is 0 Å². The van der Waals surface area contributed by atoms with Gasteiger partial charge in [0, 0.05) is 12.6 Å². The van der Waals surface area contributed by atoms with E-state index in [4.69, 9.17) is 0 Å². The first-order chi connectivity index (χ1) is 8.49. The van der Waals surface area contributed by atoms with Crippen LogP contribution < -0.4 is 10.0 Å². The van der Waals surface area contributed by atoms with Crippen molar-refractivity contribution in [2.75, 3.05) is 13.1 Å². The van der Waals surface area contributed by atoms with Crippen LogP contribution in [0.2, 0.25) is 0 Å². The zero-order valence-electron chi connectivity index (χ0n) is 10.8. The molecular weight excluding hydrogens is 248 g/mol. The zero-order valence-corrected chi connectivity index (χ0v) is 11.6. The first-order valence-corrected chi connectivity index (χ1v) is 7.77. The van der Waals surface area contributed by atoms with Crippen LogP contribution in [-0.4, -0.2) is 27.5 Å². The van der Waals surface area contributed by atoms with Gasteiger partial charge in [-0.2, -0.15) is 0 Å². The molecule has 2 rings (SSSR count). The third kappa shape index (κ3) is 3.10. The van der Waals surface area contributed by atoms with Crippen LogP contribution >= 0.6 is 0 Å². The molecule has 0 bridgehead atoms. The lowest BCUT2D eigenvalue weighted by Crippen LogP contribution is -2.50. The topological polar surface area (TPSA) is 58.2 Å². The van der Waals surface area contributed by atoms with Gasteiger partial charge in [-0.15, -0.1) is 0 Å². The molecule has 1 aromatic rings. The molecule has 1 aromatic carbocycles. The van der Waals surface area contributed by atoms with E-state index in [-0.39, 0.29) is 6.04 Å². The SMILES string of the molecule is Cc1cccc(S(=O)(=O)N[C@@H]2CNCC[C@H]2C)c1. The zero-order chi connectivity index (χ0) is 13.2. The molecule has 2 N–H and O–H groups in total. The van der Waals surface area contributed by atoms with Gasteiger partial charge in [0.2, 0.25) is 10.0 Å². The highest BCUT2D eigenvalue weighted by atomic mass is 32.2. The van der Waals surface area contributed by atoms with Gasteiger partial charge >= 0.3 is 0 Å². The van der Waals surface area contributed by atoms with Crippen molar-refractivity contribution in [1.82, 2.24) is 10.0 Å². The molecule has 4 nitrogen and oxygen atoms in total. The highest BCUT2D eigenvalue weighted by Gasteiger charge is 2.26. The third-order valence-electron chi connectivity index (χ3n) is 3.43. The van der Waals surface area contributed by atoms with E-state index in [0.717, 1.165) is 18.5 Å². The molecule has 1 aliphatic rings. The van der Waals surface area contributed by atoms with Crippen molar-refractivity contribution in [2.45, 2.75) is 31.2 Å². The lowest BCUT2D eigenvalue weighted by atomic mass is 9.96. The molecule has 0 aliphatic carbocycles. The summed E-state index contributed by atoms with van der Waals surface area (Å²) in [5, 5.41) is 3.22. The molecule has 0 unspecified atom stereocenters. The molecule has 1 heterocycles. The van der Waals surface area contributed by atoms with E-state index in [1.165, 1.54) is 0 Å². The van der Waals surface area contributed by atoms with Crippen molar-refractivity contribution in [3.8, 4) is 0 Å². The first kappa shape index (κ1) is 13.5. The maximum Gasteiger partial charge on any atom is 0.240 e. The fourth-order valence-electron chi connectivity index (χ4n) is 2.20. The Hall–Kier alpha value is -0.910. The van der Waals surface area contributed by atoms with Gasteiger partial charge in [-0.1, -0.05) is 19.1 Å². The number of hydrogen-bond acceptors (Lipinski definition) is 3. The predicted molar refractivity (Wildman–Crippen MR) is 71.9 cm³/mol. The van der Waals surface area contributed by atoms with Crippen LogP contribution in [-0.2, 0) is 10.0 Å². The number of rotatable bonds is 3. The smallest absolute Gasteiger partial charge is 0.240 e. The summed E-state index contributed by atoms with van der Waals surface area (Å²) in [6, 6.07) is 6.97. The van der Waals surface area contributed by atoms with Crippen LogP contribution in [0.3, 0.4) is 0 Å². The van der Waals surface area contributed by atoms with Gasteiger partial charge in [-0.05, 0) is 43.5 Å². The summed E-state index contributed by atoms with van der Waals surface area (Å²) in [4.78, 5) is 0.347. The Morgan fingerprint density at radius 1 is 1.39 bits per heavy atom. The summed E-state index contributed by atoms with van der Waals surface area (Å²) in [6.07, 6.45) is 1.00. The fraction of sp³-hybridized carbons (Fsp3) is 0.538. The van der Waals surface area contributed by atoms with Crippen molar-refractivity contribution in [3.63, 3.8) is 0 Å². The molecule has 0 spiro atoms. The van der Waals surface area contributed by atoms with Gasteiger partial charge in [0.05, 0.1) is 4.90 Å². The summed E-state index contributed by atoms with van der Waals surface area (Å²) in [6.45, 7) is 5.64. The molecule has 100 valence electrons. The van der Waals surface area contributed by atoms with Gasteiger partial charge in [-0.25, -0.2) is 13.1 Å². The number of piperidine rings is 1. The quantitative estimate of drug-likeness (QED) is 0.868. The van der Waals surface area contributed by atoms with E-state index in [2.05, 4.69) is 17.0 Å².